The van der Waals surface area contributed by atoms with Crippen molar-refractivity contribution in [1.82, 2.24) is 0 Å². The van der Waals surface area contributed by atoms with Crippen LogP contribution in [0.25, 0.3) is 0 Å². The molecule has 0 aliphatic carbocycles. The van der Waals surface area contributed by atoms with Gasteiger partial charge in [0.15, 0.2) is 0 Å². The predicted octanol–water partition coefficient (Wildman–Crippen LogP) is 4.64. The van der Waals surface area contributed by atoms with Crippen molar-refractivity contribution in [2.24, 2.45) is 0 Å². The number of nitrogens with zero attached hydrogens (tertiary/aromatic N) is 2. The van der Waals surface area contributed by atoms with Crippen LogP contribution in [0.5, 0.6) is 0 Å². The van der Waals surface area contributed by atoms with Crippen molar-refractivity contribution in [3.63, 3.8) is 0 Å². The van der Waals surface area contributed by atoms with E-state index < -0.39 is 0 Å². The van der Waals surface area contributed by atoms with E-state index in [1.54, 1.807) is 13.8 Å². The number of rotatable bonds is 0. The Morgan fingerprint density at radius 2 is 1.11 bits per heavy atom. The van der Waals surface area contributed by atoms with Crippen LogP contribution in [0, 0.1) is 49.4 Å². The van der Waals surface area contributed by atoms with Crippen LogP contribution in [-0.4, -0.2) is 6.67 Å². The van der Waals surface area contributed by atoms with Gasteiger partial charge in [-0.25, -0.2) is 0 Å². The average Bonchev–Trinajstić information content (AvgIpc) is 2.65. The third-order valence-corrected chi connectivity index (χ3v) is 4.65. The number of benzene rings is 2. The Kier molecular flexibility index (Phi) is 5.76. The smallest absolute Gasteiger partial charge is 0.0910 e. The van der Waals surface area contributed by atoms with Crippen LogP contribution in [0.15, 0.2) is 36.4 Å². The molecule has 134 valence electrons. The average molecular weight is 352 g/mol. The first-order valence-electron chi connectivity index (χ1n) is 9.15. The highest BCUT2D eigenvalue weighted by Crippen LogP contribution is 2.38. The van der Waals surface area contributed by atoms with E-state index in [1.165, 1.54) is 33.6 Å². The van der Waals surface area contributed by atoms with Crippen molar-refractivity contribution in [3.8, 4) is 35.5 Å². The first kappa shape index (κ1) is 18.5. The van der Waals surface area contributed by atoms with Crippen LogP contribution in [0.4, 0.5) is 11.4 Å². The number of anilines is 2. The molecule has 2 heterocycles. The second-order valence-corrected chi connectivity index (χ2v) is 6.80. The molecule has 0 amide bonds. The highest BCUT2D eigenvalue weighted by Gasteiger charge is 2.28. The summed E-state index contributed by atoms with van der Waals surface area (Å²) in [5.74, 6) is 15.5. The van der Waals surface area contributed by atoms with Crippen molar-refractivity contribution in [3.05, 3.63) is 58.7 Å². The van der Waals surface area contributed by atoms with Crippen molar-refractivity contribution in [1.29, 1.82) is 0 Å². The molecule has 2 aliphatic rings. The van der Waals surface area contributed by atoms with E-state index >= 15 is 0 Å². The van der Waals surface area contributed by atoms with E-state index in [9.17, 15) is 0 Å². The van der Waals surface area contributed by atoms with E-state index in [1.807, 2.05) is 0 Å². The molecular weight excluding hydrogens is 328 g/mol. The Bertz CT molecular complexity index is 948. The maximum absolute atomic E-state index is 2.64. The zero-order chi connectivity index (χ0) is 19.2. The lowest BCUT2D eigenvalue weighted by atomic mass is 9.99. The minimum absolute atomic E-state index is 1.02. The molecule has 4 rings (SSSR count). The van der Waals surface area contributed by atoms with Crippen LogP contribution in [0.2, 0.25) is 0 Å². The van der Waals surface area contributed by atoms with Gasteiger partial charge >= 0.3 is 0 Å². The fourth-order valence-corrected chi connectivity index (χ4v) is 3.53. The van der Waals surface area contributed by atoms with E-state index in [2.05, 4.69) is 95.6 Å². The van der Waals surface area contributed by atoms with Gasteiger partial charge in [-0.15, -0.1) is 0 Å². The van der Waals surface area contributed by atoms with Crippen molar-refractivity contribution >= 4 is 11.4 Å². The zero-order valence-corrected chi connectivity index (χ0v) is 16.5. The summed E-state index contributed by atoms with van der Waals surface area (Å²) >= 11 is 0. The molecule has 2 nitrogen and oxygen atoms in total. The van der Waals surface area contributed by atoms with E-state index in [0.717, 1.165) is 19.8 Å². The zero-order valence-electron chi connectivity index (χ0n) is 16.5. The van der Waals surface area contributed by atoms with Crippen molar-refractivity contribution in [2.45, 2.75) is 40.8 Å². The monoisotopic (exact) mass is 352 g/mol. The Labute approximate surface area is 163 Å². The maximum Gasteiger partial charge on any atom is 0.0910 e. The van der Waals surface area contributed by atoms with Gasteiger partial charge in [0, 0.05) is 24.5 Å². The van der Waals surface area contributed by atoms with Crippen LogP contribution in [-0.2, 0) is 13.1 Å². The highest BCUT2D eigenvalue weighted by atomic mass is 15.4. The summed E-state index contributed by atoms with van der Waals surface area (Å²) in [4.78, 5) is 4.97. The quantitative estimate of drug-likeness (QED) is 0.638. The van der Waals surface area contributed by atoms with Crippen LogP contribution < -0.4 is 9.80 Å². The molecule has 2 heteroatoms. The summed E-state index contributed by atoms with van der Waals surface area (Å²) in [6, 6.07) is 13.7. The van der Waals surface area contributed by atoms with E-state index in [-0.39, 0.29) is 0 Å². The normalized spacial score (nSPS) is 12.4. The Morgan fingerprint density at radius 3 is 1.52 bits per heavy atom. The van der Waals surface area contributed by atoms with Crippen LogP contribution in [0.3, 0.4) is 0 Å². The Morgan fingerprint density at radius 1 is 0.667 bits per heavy atom. The van der Waals surface area contributed by atoms with Gasteiger partial charge in [-0.1, -0.05) is 47.2 Å². The standard InChI is InChI=1S/C17H18N2.C8H6/c1-12-3-5-16-14(7-12)9-18-11-19(16)10-15-8-13(2)4-6-17(15)18;1-3-5-7-8-6-4-2/h3-8H,9-11H2,1-2H3;1-2H3. The molecule has 0 saturated heterocycles. The van der Waals surface area contributed by atoms with Gasteiger partial charge in [0.2, 0.25) is 0 Å². The lowest BCUT2D eigenvalue weighted by Crippen LogP contribution is -2.46. The molecular formula is C25H24N2. The van der Waals surface area contributed by atoms with Crippen LogP contribution >= 0.6 is 0 Å². The van der Waals surface area contributed by atoms with E-state index in [0.29, 0.717) is 0 Å². The SMILES string of the molecule is CC#CC#CC#CC.Cc1ccc2c(c1)CN1CN2Cc2cc(C)ccc21. The second kappa shape index (κ2) is 8.40. The minimum atomic E-state index is 1.02. The molecule has 27 heavy (non-hydrogen) atoms. The lowest BCUT2D eigenvalue weighted by Gasteiger charge is -2.45. The van der Waals surface area contributed by atoms with Gasteiger partial charge in [-0.2, -0.15) is 0 Å². The van der Waals surface area contributed by atoms with Gasteiger partial charge in [0.25, 0.3) is 0 Å². The summed E-state index contributed by atoms with van der Waals surface area (Å²) in [6.07, 6.45) is 0. The number of hydrogen-bond acceptors (Lipinski definition) is 2. The topological polar surface area (TPSA) is 6.48 Å². The Balaban J connectivity index is 0.000000226. The highest BCUT2D eigenvalue weighted by molar-refractivity contribution is 5.68. The fraction of sp³-hybridized carbons (Fsp3) is 0.280. The molecule has 2 aromatic carbocycles. The first-order valence-corrected chi connectivity index (χ1v) is 9.15. The molecule has 0 fully saturated rings. The Hall–Kier alpha value is -3.28. The van der Waals surface area contributed by atoms with Gasteiger partial charge in [0.1, 0.15) is 0 Å². The maximum atomic E-state index is 2.64. The first-order chi connectivity index (χ1) is 13.1. The van der Waals surface area contributed by atoms with Gasteiger partial charge < -0.3 is 9.80 Å². The fourth-order valence-electron chi connectivity index (χ4n) is 3.53. The number of aryl methyl sites for hydroxylation is 2. The van der Waals surface area contributed by atoms with Crippen molar-refractivity contribution < 1.29 is 0 Å². The molecule has 0 N–H and O–H groups in total. The molecule has 2 bridgehead atoms. The van der Waals surface area contributed by atoms with Crippen LogP contribution in [0.1, 0.15) is 36.1 Å². The molecule has 0 atom stereocenters. The molecule has 0 saturated carbocycles. The molecule has 0 unspecified atom stereocenters. The number of hydrogen-bond donors (Lipinski definition) is 0. The second-order valence-electron chi connectivity index (χ2n) is 6.80. The summed E-state index contributed by atoms with van der Waals surface area (Å²) in [5, 5.41) is 0. The van der Waals surface area contributed by atoms with Gasteiger partial charge in [-0.3, -0.25) is 0 Å². The molecule has 0 aromatic heterocycles. The van der Waals surface area contributed by atoms with Gasteiger partial charge in [-0.05, 0) is 74.6 Å². The van der Waals surface area contributed by atoms with E-state index in [4.69, 9.17) is 0 Å². The summed E-state index contributed by atoms with van der Waals surface area (Å²) < 4.78 is 0. The third kappa shape index (κ3) is 4.28. The molecule has 2 aliphatic heterocycles. The summed E-state index contributed by atoms with van der Waals surface area (Å²) in [7, 11) is 0. The minimum Gasteiger partial charge on any atom is -0.349 e. The number of fused-ring (bicyclic) bond motifs is 6. The molecule has 2 aromatic rings. The molecule has 0 spiro atoms. The predicted molar refractivity (Wildman–Crippen MR) is 114 cm³/mol. The summed E-state index contributed by atoms with van der Waals surface area (Å²) in [6.45, 7) is 10.9. The third-order valence-electron chi connectivity index (χ3n) is 4.65. The van der Waals surface area contributed by atoms with Gasteiger partial charge in [0.05, 0.1) is 6.67 Å². The largest absolute Gasteiger partial charge is 0.349 e. The summed E-state index contributed by atoms with van der Waals surface area (Å²) in [5.41, 5.74) is 8.44. The lowest BCUT2D eigenvalue weighted by molar-refractivity contribution is 0.650. The molecule has 0 radical (unpaired) electrons. The van der Waals surface area contributed by atoms with Crippen molar-refractivity contribution in [2.75, 3.05) is 16.5 Å².